The average Bonchev–Trinajstić information content (AvgIpc) is 2.57. The molecule has 2 rings (SSSR count). The van der Waals surface area contributed by atoms with Gasteiger partial charge < -0.3 is 4.90 Å². The number of amides is 1. The highest BCUT2D eigenvalue weighted by Crippen LogP contribution is 2.31. The van der Waals surface area contributed by atoms with Crippen molar-refractivity contribution in [1.82, 2.24) is 10.2 Å². The zero-order valence-electron chi connectivity index (χ0n) is 10.9. The molecule has 92 valence electrons. The van der Waals surface area contributed by atoms with Gasteiger partial charge in [-0.2, -0.15) is 0 Å². The third-order valence-corrected chi connectivity index (χ3v) is 3.26. The Balaban J connectivity index is 2.26. The second-order valence-electron chi connectivity index (χ2n) is 5.73. The Hall–Kier alpha value is -1.35. The Labute approximate surface area is 103 Å². The summed E-state index contributed by atoms with van der Waals surface area (Å²) in [6.07, 6.45) is 0.0835. The average molecular weight is 232 g/mol. The minimum Gasteiger partial charge on any atom is -0.328 e. The maximum Gasteiger partial charge on any atom is 0.245 e. The summed E-state index contributed by atoms with van der Waals surface area (Å²) in [5, 5.41) is 3.42. The number of hydrogen-bond acceptors (Lipinski definition) is 2. The molecule has 1 aromatic rings. The number of rotatable bonds is 1. The van der Waals surface area contributed by atoms with Gasteiger partial charge >= 0.3 is 0 Å². The van der Waals surface area contributed by atoms with E-state index in [-0.39, 0.29) is 23.5 Å². The van der Waals surface area contributed by atoms with E-state index in [2.05, 4.69) is 26.1 Å². The third-order valence-electron chi connectivity index (χ3n) is 3.26. The smallest absolute Gasteiger partial charge is 0.245 e. The number of likely N-dealkylation sites (N-methyl/N-ethyl adjacent to an activating group) is 1. The largest absolute Gasteiger partial charge is 0.328 e. The molecule has 1 heterocycles. The summed E-state index contributed by atoms with van der Waals surface area (Å²) in [7, 11) is 1.87. The number of nitrogens with one attached hydrogen (secondary N) is 1. The predicted octanol–water partition coefficient (Wildman–Crippen LogP) is 2.16. The summed E-state index contributed by atoms with van der Waals surface area (Å²) < 4.78 is 0. The molecule has 17 heavy (non-hydrogen) atoms. The van der Waals surface area contributed by atoms with Gasteiger partial charge in [0.05, 0.1) is 6.17 Å². The fourth-order valence-corrected chi connectivity index (χ4v) is 2.39. The van der Waals surface area contributed by atoms with E-state index in [0.29, 0.717) is 0 Å². The molecule has 0 saturated carbocycles. The standard InChI is InChI=1S/C14H20N2O/c1-14(2,3)13-15-11(12(17)16(13)4)10-8-6-5-7-9-10/h5-9,11,13,15H,1-4H3/t11-,13-/m1/s1. The Morgan fingerprint density at radius 1 is 1.18 bits per heavy atom. The van der Waals surface area contributed by atoms with E-state index >= 15 is 0 Å². The summed E-state index contributed by atoms with van der Waals surface area (Å²) in [5.41, 5.74) is 1.07. The molecule has 0 aliphatic carbocycles. The van der Waals surface area contributed by atoms with Gasteiger partial charge in [0.25, 0.3) is 0 Å². The van der Waals surface area contributed by atoms with Crippen molar-refractivity contribution in [3.8, 4) is 0 Å². The zero-order valence-corrected chi connectivity index (χ0v) is 10.9. The maximum atomic E-state index is 12.2. The minimum atomic E-state index is -0.203. The van der Waals surface area contributed by atoms with Crippen molar-refractivity contribution in [2.24, 2.45) is 5.41 Å². The van der Waals surface area contributed by atoms with Gasteiger partial charge in [-0.05, 0) is 11.0 Å². The lowest BCUT2D eigenvalue weighted by Gasteiger charge is -2.32. The van der Waals surface area contributed by atoms with E-state index in [1.807, 2.05) is 42.3 Å². The van der Waals surface area contributed by atoms with Crippen LogP contribution in [0, 0.1) is 5.41 Å². The first-order valence-corrected chi connectivity index (χ1v) is 5.99. The highest BCUT2D eigenvalue weighted by molar-refractivity contribution is 5.85. The fourth-order valence-electron chi connectivity index (χ4n) is 2.39. The molecule has 1 aliphatic heterocycles. The molecular weight excluding hydrogens is 212 g/mol. The van der Waals surface area contributed by atoms with Crippen LogP contribution >= 0.6 is 0 Å². The monoisotopic (exact) mass is 232 g/mol. The van der Waals surface area contributed by atoms with E-state index in [1.165, 1.54) is 0 Å². The van der Waals surface area contributed by atoms with Gasteiger partial charge in [-0.15, -0.1) is 0 Å². The van der Waals surface area contributed by atoms with Crippen LogP contribution in [0.25, 0.3) is 0 Å². The summed E-state index contributed by atoms with van der Waals surface area (Å²) >= 11 is 0. The van der Waals surface area contributed by atoms with Crippen molar-refractivity contribution in [2.45, 2.75) is 33.0 Å². The van der Waals surface area contributed by atoms with Crippen LogP contribution in [0.2, 0.25) is 0 Å². The molecule has 0 unspecified atom stereocenters. The van der Waals surface area contributed by atoms with Crippen LogP contribution in [-0.4, -0.2) is 24.0 Å². The molecule has 2 atom stereocenters. The van der Waals surface area contributed by atoms with Gasteiger partial charge in [0, 0.05) is 7.05 Å². The number of nitrogens with zero attached hydrogens (tertiary/aromatic N) is 1. The molecule has 1 saturated heterocycles. The Bertz CT molecular complexity index is 408. The Kier molecular flexibility index (Phi) is 2.96. The van der Waals surface area contributed by atoms with Gasteiger partial charge in [-0.1, -0.05) is 51.1 Å². The van der Waals surface area contributed by atoms with Crippen molar-refractivity contribution >= 4 is 5.91 Å². The molecule has 3 nitrogen and oxygen atoms in total. The molecule has 0 radical (unpaired) electrons. The molecule has 1 aliphatic rings. The van der Waals surface area contributed by atoms with Crippen LogP contribution in [0.1, 0.15) is 32.4 Å². The Morgan fingerprint density at radius 2 is 1.76 bits per heavy atom. The molecule has 0 bridgehead atoms. The second-order valence-corrected chi connectivity index (χ2v) is 5.73. The summed E-state index contributed by atoms with van der Waals surface area (Å²) in [6.45, 7) is 6.42. The molecule has 3 heteroatoms. The number of benzene rings is 1. The topological polar surface area (TPSA) is 32.3 Å². The van der Waals surface area contributed by atoms with Gasteiger partial charge in [-0.3, -0.25) is 10.1 Å². The number of carbonyl (C=O) groups excluding carboxylic acids is 1. The minimum absolute atomic E-state index is 0.0357. The van der Waals surface area contributed by atoms with E-state index in [0.717, 1.165) is 5.56 Å². The first-order chi connectivity index (χ1) is 7.91. The fraction of sp³-hybridized carbons (Fsp3) is 0.500. The molecule has 1 N–H and O–H groups in total. The van der Waals surface area contributed by atoms with Gasteiger partial charge in [0.1, 0.15) is 6.04 Å². The molecule has 1 aromatic carbocycles. The third kappa shape index (κ3) is 2.20. The van der Waals surface area contributed by atoms with Crippen molar-refractivity contribution in [2.75, 3.05) is 7.05 Å². The second kappa shape index (κ2) is 4.15. The van der Waals surface area contributed by atoms with E-state index in [9.17, 15) is 4.79 Å². The van der Waals surface area contributed by atoms with Crippen molar-refractivity contribution in [1.29, 1.82) is 0 Å². The molecule has 1 amide bonds. The lowest BCUT2D eigenvalue weighted by atomic mass is 9.92. The van der Waals surface area contributed by atoms with Crippen molar-refractivity contribution < 1.29 is 4.79 Å². The van der Waals surface area contributed by atoms with Crippen LogP contribution < -0.4 is 5.32 Å². The van der Waals surface area contributed by atoms with Crippen LogP contribution in [-0.2, 0) is 4.79 Å². The first-order valence-electron chi connectivity index (χ1n) is 5.99. The normalized spacial score (nSPS) is 25.4. The van der Waals surface area contributed by atoms with Crippen LogP contribution in [0.15, 0.2) is 30.3 Å². The maximum absolute atomic E-state index is 12.2. The highest BCUT2D eigenvalue weighted by Gasteiger charge is 2.42. The lowest BCUT2D eigenvalue weighted by Crippen LogP contribution is -2.44. The van der Waals surface area contributed by atoms with E-state index in [1.54, 1.807) is 0 Å². The van der Waals surface area contributed by atoms with Crippen molar-refractivity contribution in [3.63, 3.8) is 0 Å². The van der Waals surface area contributed by atoms with Crippen LogP contribution in [0.3, 0.4) is 0 Å². The lowest BCUT2D eigenvalue weighted by molar-refractivity contribution is -0.129. The summed E-state index contributed by atoms with van der Waals surface area (Å²) in [4.78, 5) is 14.0. The highest BCUT2D eigenvalue weighted by atomic mass is 16.2. The van der Waals surface area contributed by atoms with Crippen LogP contribution in [0.5, 0.6) is 0 Å². The quantitative estimate of drug-likeness (QED) is 0.804. The number of hydrogen-bond donors (Lipinski definition) is 1. The van der Waals surface area contributed by atoms with E-state index in [4.69, 9.17) is 0 Å². The molecule has 1 fully saturated rings. The van der Waals surface area contributed by atoms with Crippen molar-refractivity contribution in [3.05, 3.63) is 35.9 Å². The predicted molar refractivity (Wildman–Crippen MR) is 68.3 cm³/mol. The number of carbonyl (C=O) groups is 1. The molecule has 0 aromatic heterocycles. The molecular formula is C14H20N2O. The first kappa shape index (κ1) is 12.1. The molecule has 0 spiro atoms. The van der Waals surface area contributed by atoms with Gasteiger partial charge in [-0.25, -0.2) is 0 Å². The zero-order chi connectivity index (χ0) is 12.6. The van der Waals surface area contributed by atoms with Crippen LogP contribution in [0.4, 0.5) is 0 Å². The summed E-state index contributed by atoms with van der Waals surface area (Å²) in [6, 6.07) is 9.69. The summed E-state index contributed by atoms with van der Waals surface area (Å²) in [5.74, 6) is 0.149. The van der Waals surface area contributed by atoms with Gasteiger partial charge in [0.15, 0.2) is 0 Å². The van der Waals surface area contributed by atoms with E-state index < -0.39 is 0 Å². The van der Waals surface area contributed by atoms with Gasteiger partial charge in [0.2, 0.25) is 5.91 Å². The SMILES string of the molecule is CN1C(=O)[C@@H](c2ccccc2)N[C@H]1C(C)(C)C. The Morgan fingerprint density at radius 3 is 2.24 bits per heavy atom.